The van der Waals surface area contributed by atoms with Crippen LogP contribution in [0.25, 0.3) is 11.2 Å². The predicted molar refractivity (Wildman–Crippen MR) is 115 cm³/mol. The summed E-state index contributed by atoms with van der Waals surface area (Å²) < 4.78 is 52.3. The van der Waals surface area contributed by atoms with Crippen LogP contribution in [0.2, 0.25) is 0 Å². The maximum absolute atomic E-state index is 14.5. The van der Waals surface area contributed by atoms with Gasteiger partial charge in [-0.25, -0.2) is 4.98 Å². The van der Waals surface area contributed by atoms with Gasteiger partial charge in [0.15, 0.2) is 28.5 Å². The van der Waals surface area contributed by atoms with Crippen molar-refractivity contribution in [2.24, 2.45) is 0 Å². The number of methoxy groups -OCH3 is 1. The first kappa shape index (κ1) is 21.8. The largest absolute Gasteiger partial charge is 0.494 e. The zero-order valence-electron chi connectivity index (χ0n) is 18.2. The van der Waals surface area contributed by atoms with Gasteiger partial charge in [-0.3, -0.25) is 4.57 Å². The van der Waals surface area contributed by atoms with Crippen molar-refractivity contribution in [3.63, 3.8) is 0 Å². The first-order valence-electron chi connectivity index (χ1n) is 11.0. The molecule has 3 aromatic rings. The molecule has 176 valence electrons. The molecule has 2 aliphatic rings. The van der Waals surface area contributed by atoms with Crippen molar-refractivity contribution >= 4 is 17.0 Å². The van der Waals surface area contributed by atoms with Gasteiger partial charge in [0.25, 0.3) is 0 Å². The van der Waals surface area contributed by atoms with Gasteiger partial charge in [-0.15, -0.1) is 0 Å². The molecule has 0 aliphatic carbocycles. The Morgan fingerprint density at radius 3 is 2.58 bits per heavy atom. The second-order valence-corrected chi connectivity index (χ2v) is 8.03. The number of aromatic nitrogens is 4. The number of nitrogens with one attached hydrogen (secondary N) is 1. The van der Waals surface area contributed by atoms with E-state index in [4.69, 9.17) is 18.9 Å². The molecule has 1 atom stereocenters. The number of fused-ring (bicyclic) bond motifs is 1. The van der Waals surface area contributed by atoms with Crippen molar-refractivity contribution in [3.05, 3.63) is 30.1 Å². The van der Waals surface area contributed by atoms with E-state index in [1.807, 2.05) is 4.57 Å². The van der Waals surface area contributed by atoms with E-state index in [1.54, 1.807) is 6.33 Å². The molecule has 33 heavy (non-hydrogen) atoms. The van der Waals surface area contributed by atoms with E-state index in [0.717, 1.165) is 32.1 Å². The molecule has 0 radical (unpaired) electrons. The Hall–Kier alpha value is -3.05. The Balaban J connectivity index is 1.53. The van der Waals surface area contributed by atoms with Crippen LogP contribution in [0.1, 0.15) is 38.3 Å². The van der Waals surface area contributed by atoms with E-state index in [2.05, 4.69) is 20.3 Å². The zero-order valence-corrected chi connectivity index (χ0v) is 18.2. The lowest BCUT2D eigenvalue weighted by atomic mass is 10.1. The number of rotatable bonds is 6. The fourth-order valence-electron chi connectivity index (χ4n) is 4.08. The summed E-state index contributed by atoms with van der Waals surface area (Å²) in [7, 11) is 1.26. The molecule has 1 unspecified atom stereocenters. The van der Waals surface area contributed by atoms with Crippen LogP contribution in [-0.2, 0) is 9.47 Å². The number of nitrogens with zero attached hydrogens (tertiary/aromatic N) is 4. The summed E-state index contributed by atoms with van der Waals surface area (Å²) in [5.41, 5.74) is 1.06. The lowest BCUT2D eigenvalue weighted by Crippen LogP contribution is -2.28. The first-order chi connectivity index (χ1) is 16.1. The third-order valence-electron chi connectivity index (χ3n) is 5.86. The Morgan fingerprint density at radius 1 is 1.03 bits per heavy atom. The lowest BCUT2D eigenvalue weighted by Gasteiger charge is -2.25. The summed E-state index contributed by atoms with van der Waals surface area (Å²) in [6, 6.07) is 2.57. The van der Waals surface area contributed by atoms with Crippen LogP contribution in [0.3, 0.4) is 0 Å². The highest BCUT2D eigenvalue weighted by atomic mass is 19.2. The molecule has 9 nitrogen and oxygen atoms in total. The van der Waals surface area contributed by atoms with Crippen molar-refractivity contribution in [2.45, 2.75) is 44.4 Å². The van der Waals surface area contributed by atoms with E-state index < -0.39 is 11.6 Å². The average Bonchev–Trinajstić information content (AvgIpc) is 3.28. The molecule has 0 saturated carbocycles. The Kier molecular flexibility index (Phi) is 6.23. The van der Waals surface area contributed by atoms with E-state index in [1.165, 1.54) is 19.2 Å². The minimum atomic E-state index is -1.18. The molecule has 1 N–H and O–H groups in total. The number of hydrogen-bond acceptors (Lipinski definition) is 8. The van der Waals surface area contributed by atoms with Crippen molar-refractivity contribution in [1.82, 2.24) is 19.5 Å². The fraction of sp³-hybridized carbons (Fsp3) is 0.500. The highest BCUT2D eigenvalue weighted by Gasteiger charge is 2.24. The van der Waals surface area contributed by atoms with Gasteiger partial charge in [-0.05, 0) is 44.2 Å². The highest BCUT2D eigenvalue weighted by molar-refractivity contribution is 5.83. The van der Waals surface area contributed by atoms with Crippen molar-refractivity contribution < 1.29 is 27.7 Å². The Bertz CT molecular complexity index is 1130. The number of ether oxygens (including phenoxy) is 4. The van der Waals surface area contributed by atoms with Gasteiger partial charge in [0.05, 0.1) is 13.4 Å². The summed E-state index contributed by atoms with van der Waals surface area (Å²) in [6.45, 7) is 1.95. The van der Waals surface area contributed by atoms with Gasteiger partial charge in [-0.1, -0.05) is 0 Å². The molecule has 0 bridgehead atoms. The summed E-state index contributed by atoms with van der Waals surface area (Å²) in [5.74, 6) is -2.42. The van der Waals surface area contributed by atoms with E-state index >= 15 is 0 Å². The van der Waals surface area contributed by atoms with Crippen molar-refractivity contribution in [1.29, 1.82) is 0 Å². The molecule has 2 saturated heterocycles. The van der Waals surface area contributed by atoms with Gasteiger partial charge in [0, 0.05) is 25.9 Å². The van der Waals surface area contributed by atoms with Gasteiger partial charge >= 0.3 is 6.01 Å². The van der Waals surface area contributed by atoms with E-state index in [0.29, 0.717) is 36.8 Å². The summed E-state index contributed by atoms with van der Waals surface area (Å²) in [6.07, 6.45) is 5.94. The molecule has 11 heteroatoms. The number of benzene rings is 1. The fourth-order valence-corrected chi connectivity index (χ4v) is 4.08. The Labute approximate surface area is 189 Å². The van der Waals surface area contributed by atoms with Crippen LogP contribution in [0, 0.1) is 11.6 Å². The second kappa shape index (κ2) is 9.44. The van der Waals surface area contributed by atoms with Gasteiger partial charge in [-0.2, -0.15) is 18.7 Å². The molecule has 2 aromatic heterocycles. The van der Waals surface area contributed by atoms with Crippen molar-refractivity contribution in [2.75, 3.05) is 32.2 Å². The molecule has 0 spiro atoms. The van der Waals surface area contributed by atoms with Crippen LogP contribution in [0.15, 0.2) is 18.5 Å². The monoisotopic (exact) mass is 461 g/mol. The van der Waals surface area contributed by atoms with Gasteiger partial charge in [0.1, 0.15) is 6.23 Å². The smallest absolute Gasteiger partial charge is 0.326 e. The van der Waals surface area contributed by atoms with Crippen LogP contribution >= 0.6 is 0 Å². The molecule has 2 aliphatic heterocycles. The molecule has 5 rings (SSSR count). The van der Waals surface area contributed by atoms with Crippen LogP contribution in [0.4, 0.5) is 14.6 Å². The van der Waals surface area contributed by atoms with Crippen LogP contribution in [0.5, 0.6) is 17.5 Å². The molecule has 1 aromatic carbocycles. The third kappa shape index (κ3) is 4.42. The third-order valence-corrected chi connectivity index (χ3v) is 5.86. The van der Waals surface area contributed by atoms with Gasteiger partial charge < -0.3 is 24.3 Å². The topological polar surface area (TPSA) is 92.6 Å². The normalized spacial score (nSPS) is 19.5. The maximum Gasteiger partial charge on any atom is 0.326 e. The maximum atomic E-state index is 14.5. The number of hydrogen-bond donors (Lipinski definition) is 1. The summed E-state index contributed by atoms with van der Waals surface area (Å²) in [5, 5.41) is 3.39. The average molecular weight is 461 g/mol. The Morgan fingerprint density at radius 2 is 1.82 bits per heavy atom. The minimum absolute atomic E-state index is 0.127. The molecular weight excluding hydrogens is 436 g/mol. The predicted octanol–water partition coefficient (Wildman–Crippen LogP) is 4.20. The number of halogens is 2. The summed E-state index contributed by atoms with van der Waals surface area (Å²) >= 11 is 0. The number of imidazole rings is 1. The second-order valence-electron chi connectivity index (χ2n) is 8.03. The molecular formula is C22H25F2N5O4. The molecule has 2 fully saturated rings. The summed E-state index contributed by atoms with van der Waals surface area (Å²) in [4.78, 5) is 13.4. The first-order valence-corrected chi connectivity index (χ1v) is 11.0. The van der Waals surface area contributed by atoms with Crippen LogP contribution in [-0.4, -0.2) is 52.5 Å². The lowest BCUT2D eigenvalue weighted by molar-refractivity contribution is -0.0298. The van der Waals surface area contributed by atoms with E-state index in [9.17, 15) is 8.78 Å². The van der Waals surface area contributed by atoms with Crippen LogP contribution < -0.4 is 14.8 Å². The minimum Gasteiger partial charge on any atom is -0.494 e. The highest BCUT2D eigenvalue weighted by Crippen LogP contribution is 2.33. The zero-order chi connectivity index (χ0) is 22.8. The molecule has 0 amide bonds. The standard InChI is InChI=1S/C22H25F2N5O4/c1-30-14-5-6-15(18(24)17(14)23)33-22-27-20(26-13-7-10-31-11-8-13)19-21(28-22)29(12-25-19)16-4-2-3-9-32-16/h5-6,12-13,16H,2-4,7-11H2,1H3,(H,26,27,28). The number of anilines is 1. The SMILES string of the molecule is COc1ccc(Oc2nc(NC3CCOCC3)c3ncn(C4CCCCO4)c3n2)c(F)c1F. The van der Waals surface area contributed by atoms with Crippen molar-refractivity contribution in [3.8, 4) is 17.5 Å². The van der Waals surface area contributed by atoms with E-state index in [-0.39, 0.29) is 29.8 Å². The van der Waals surface area contributed by atoms with Gasteiger partial charge in [0.2, 0.25) is 11.6 Å². The quantitative estimate of drug-likeness (QED) is 0.584. The molecule has 4 heterocycles.